The van der Waals surface area contributed by atoms with Crippen LogP contribution in [0.2, 0.25) is 0 Å². The minimum Gasteiger partial charge on any atom is -0.462 e. The van der Waals surface area contributed by atoms with Crippen molar-refractivity contribution < 1.29 is 24.2 Å². The second kappa shape index (κ2) is 30.9. The van der Waals surface area contributed by atoms with E-state index in [0.717, 1.165) is 51.4 Å². The molecule has 0 aromatic heterocycles. The van der Waals surface area contributed by atoms with E-state index in [1.807, 2.05) is 0 Å². The summed E-state index contributed by atoms with van der Waals surface area (Å²) in [5, 5.41) is 9.48. The zero-order chi connectivity index (χ0) is 28.7. The Hall–Kier alpha value is -1.62. The van der Waals surface area contributed by atoms with Gasteiger partial charge in [-0.25, -0.2) is 0 Å². The highest BCUT2D eigenvalue weighted by atomic mass is 16.6. The quantitative estimate of drug-likeness (QED) is 0.0570. The third-order valence-electron chi connectivity index (χ3n) is 6.97. The fraction of sp³-hybridized carbons (Fsp3) is 0.824. The summed E-state index contributed by atoms with van der Waals surface area (Å²) in [6.45, 7) is 4.06. The largest absolute Gasteiger partial charge is 0.462 e. The normalized spacial score (nSPS) is 12.4. The molecule has 0 aromatic carbocycles. The number of carbonyl (C=O) groups excluding carboxylic acids is 2. The fourth-order valence-corrected chi connectivity index (χ4v) is 4.42. The Bertz CT molecular complexity index is 598. The summed E-state index contributed by atoms with van der Waals surface area (Å²) >= 11 is 0. The molecular formula is C34H62O5. The topological polar surface area (TPSA) is 72.8 Å². The summed E-state index contributed by atoms with van der Waals surface area (Å²) in [7, 11) is 0. The van der Waals surface area contributed by atoms with Crippen LogP contribution in [0.5, 0.6) is 0 Å². The van der Waals surface area contributed by atoms with Gasteiger partial charge in [-0.1, -0.05) is 109 Å². The SMILES string of the molecule is CCCCC/C=C\CCCCCCCC(=O)OC[C@H](CO)OC(=O)CCCCCCC/C=C\CCCCCC. The second-order valence-corrected chi connectivity index (χ2v) is 10.9. The lowest BCUT2D eigenvalue weighted by Gasteiger charge is -2.15. The van der Waals surface area contributed by atoms with E-state index in [0.29, 0.717) is 12.8 Å². The fourth-order valence-electron chi connectivity index (χ4n) is 4.42. The molecule has 39 heavy (non-hydrogen) atoms. The van der Waals surface area contributed by atoms with Gasteiger partial charge in [0.05, 0.1) is 6.61 Å². The molecule has 0 fully saturated rings. The number of aliphatic hydroxyl groups excluding tert-OH is 1. The maximum absolute atomic E-state index is 12.1. The molecule has 5 nitrogen and oxygen atoms in total. The monoisotopic (exact) mass is 550 g/mol. The third-order valence-corrected chi connectivity index (χ3v) is 6.97. The molecule has 1 N–H and O–H groups in total. The van der Waals surface area contributed by atoms with Crippen molar-refractivity contribution in [3.05, 3.63) is 24.3 Å². The Morgan fingerprint density at radius 1 is 0.564 bits per heavy atom. The number of ether oxygens (including phenoxy) is 2. The molecule has 0 aliphatic rings. The van der Waals surface area contributed by atoms with Crippen LogP contribution in [-0.4, -0.2) is 36.4 Å². The zero-order valence-corrected chi connectivity index (χ0v) is 25.6. The van der Waals surface area contributed by atoms with Crippen LogP contribution in [0.1, 0.15) is 162 Å². The molecule has 0 aromatic rings. The van der Waals surface area contributed by atoms with Gasteiger partial charge in [0.2, 0.25) is 0 Å². The number of unbranched alkanes of at least 4 members (excludes halogenated alkanes) is 17. The summed E-state index contributed by atoms with van der Waals surface area (Å²) < 4.78 is 10.5. The molecule has 0 heterocycles. The number of hydrogen-bond acceptors (Lipinski definition) is 5. The molecule has 0 aliphatic carbocycles. The van der Waals surface area contributed by atoms with Crippen molar-refractivity contribution in [1.82, 2.24) is 0 Å². The van der Waals surface area contributed by atoms with Crippen molar-refractivity contribution >= 4 is 11.9 Å². The summed E-state index contributed by atoms with van der Waals surface area (Å²) in [4.78, 5) is 24.1. The minimum absolute atomic E-state index is 0.0716. The average molecular weight is 551 g/mol. The van der Waals surface area contributed by atoms with Crippen molar-refractivity contribution in [3.63, 3.8) is 0 Å². The molecule has 0 unspecified atom stereocenters. The molecule has 228 valence electrons. The Labute approximate surface area is 241 Å². The van der Waals surface area contributed by atoms with E-state index in [4.69, 9.17) is 9.47 Å². The van der Waals surface area contributed by atoms with Crippen LogP contribution < -0.4 is 0 Å². The van der Waals surface area contributed by atoms with Gasteiger partial charge >= 0.3 is 11.9 Å². The predicted molar refractivity (Wildman–Crippen MR) is 164 cm³/mol. The molecule has 5 heteroatoms. The first-order chi connectivity index (χ1) is 19.1. The van der Waals surface area contributed by atoms with E-state index in [1.54, 1.807) is 0 Å². The first-order valence-corrected chi connectivity index (χ1v) is 16.4. The number of rotatable bonds is 29. The molecular weight excluding hydrogens is 488 g/mol. The summed E-state index contributed by atoms with van der Waals surface area (Å²) in [5.41, 5.74) is 0. The van der Waals surface area contributed by atoms with Gasteiger partial charge in [-0.15, -0.1) is 0 Å². The molecule has 0 saturated heterocycles. The molecule has 0 aliphatic heterocycles. The van der Waals surface area contributed by atoms with Gasteiger partial charge < -0.3 is 14.6 Å². The molecule has 0 rings (SSSR count). The van der Waals surface area contributed by atoms with Gasteiger partial charge in [0.1, 0.15) is 6.61 Å². The highest BCUT2D eigenvalue weighted by Crippen LogP contribution is 2.11. The van der Waals surface area contributed by atoms with Crippen LogP contribution in [0.3, 0.4) is 0 Å². The Kier molecular flexibility index (Phi) is 29.6. The van der Waals surface area contributed by atoms with Crippen LogP contribution in [0.15, 0.2) is 24.3 Å². The van der Waals surface area contributed by atoms with Gasteiger partial charge in [-0.05, 0) is 64.2 Å². The highest BCUT2D eigenvalue weighted by molar-refractivity contribution is 5.70. The van der Waals surface area contributed by atoms with Crippen LogP contribution >= 0.6 is 0 Å². The van der Waals surface area contributed by atoms with Gasteiger partial charge in [0.25, 0.3) is 0 Å². The standard InChI is InChI=1S/C34H62O5/c1-3-5-7-9-11-13-15-17-19-21-23-25-27-29-34(37)39-32(30-35)31-38-33(36)28-26-24-22-20-18-16-14-12-10-8-6-4-2/h12-15,32,35H,3-11,16-31H2,1-2H3/b14-12-,15-13-/t32-/m0/s1. The third kappa shape index (κ3) is 29.2. The van der Waals surface area contributed by atoms with Crippen LogP contribution in [0.4, 0.5) is 0 Å². The van der Waals surface area contributed by atoms with E-state index < -0.39 is 6.10 Å². The number of hydrogen-bond donors (Lipinski definition) is 1. The van der Waals surface area contributed by atoms with Crippen molar-refractivity contribution in [2.24, 2.45) is 0 Å². The summed E-state index contributed by atoms with van der Waals surface area (Å²) in [6.07, 6.45) is 33.7. The first-order valence-electron chi connectivity index (χ1n) is 16.4. The van der Waals surface area contributed by atoms with Crippen LogP contribution in [-0.2, 0) is 19.1 Å². The number of esters is 2. The summed E-state index contributed by atoms with van der Waals surface area (Å²) in [5.74, 6) is -0.613. The van der Waals surface area contributed by atoms with Crippen molar-refractivity contribution in [1.29, 1.82) is 0 Å². The van der Waals surface area contributed by atoms with E-state index in [1.165, 1.54) is 83.5 Å². The van der Waals surface area contributed by atoms with E-state index in [2.05, 4.69) is 38.2 Å². The number of carbonyl (C=O) groups is 2. The zero-order valence-electron chi connectivity index (χ0n) is 25.6. The Morgan fingerprint density at radius 2 is 0.949 bits per heavy atom. The second-order valence-electron chi connectivity index (χ2n) is 10.9. The molecule has 1 atom stereocenters. The summed E-state index contributed by atoms with van der Waals surface area (Å²) in [6, 6.07) is 0. The van der Waals surface area contributed by atoms with E-state index >= 15 is 0 Å². The minimum atomic E-state index is -0.773. The van der Waals surface area contributed by atoms with Gasteiger partial charge in [-0.2, -0.15) is 0 Å². The molecule has 0 radical (unpaired) electrons. The lowest BCUT2D eigenvalue weighted by atomic mass is 10.1. The van der Waals surface area contributed by atoms with Crippen molar-refractivity contribution in [2.45, 2.75) is 168 Å². The van der Waals surface area contributed by atoms with Crippen LogP contribution in [0.25, 0.3) is 0 Å². The van der Waals surface area contributed by atoms with E-state index in [-0.39, 0.29) is 25.2 Å². The lowest BCUT2D eigenvalue weighted by molar-refractivity contribution is -0.161. The molecule has 0 spiro atoms. The maximum atomic E-state index is 12.1. The van der Waals surface area contributed by atoms with E-state index in [9.17, 15) is 14.7 Å². The maximum Gasteiger partial charge on any atom is 0.306 e. The van der Waals surface area contributed by atoms with Gasteiger partial charge in [-0.3, -0.25) is 9.59 Å². The van der Waals surface area contributed by atoms with Crippen molar-refractivity contribution in [2.75, 3.05) is 13.2 Å². The first kappa shape index (κ1) is 37.4. The predicted octanol–water partition coefficient (Wildman–Crippen LogP) is 9.56. The average Bonchev–Trinajstić information content (AvgIpc) is 2.94. The molecule has 0 saturated carbocycles. The number of allylic oxidation sites excluding steroid dienone is 4. The lowest BCUT2D eigenvalue weighted by Crippen LogP contribution is -2.28. The van der Waals surface area contributed by atoms with Crippen LogP contribution in [0, 0.1) is 0 Å². The Balaban J connectivity index is 3.62. The molecule has 0 bridgehead atoms. The highest BCUT2D eigenvalue weighted by Gasteiger charge is 2.16. The van der Waals surface area contributed by atoms with Gasteiger partial charge in [0, 0.05) is 12.8 Å². The molecule has 0 amide bonds. The number of aliphatic hydroxyl groups is 1. The van der Waals surface area contributed by atoms with Crippen molar-refractivity contribution in [3.8, 4) is 0 Å². The smallest absolute Gasteiger partial charge is 0.306 e. The Morgan fingerprint density at radius 3 is 1.44 bits per heavy atom. The van der Waals surface area contributed by atoms with Gasteiger partial charge in [0.15, 0.2) is 6.10 Å².